The minimum absolute atomic E-state index is 0.0522. The van der Waals surface area contributed by atoms with Crippen molar-refractivity contribution in [1.82, 2.24) is 24.5 Å². The van der Waals surface area contributed by atoms with Gasteiger partial charge >= 0.3 is 0 Å². The second-order valence-electron chi connectivity index (χ2n) is 8.20. The Morgan fingerprint density at radius 1 is 1.13 bits per heavy atom. The van der Waals surface area contributed by atoms with Crippen LogP contribution in [0.25, 0.3) is 0 Å². The maximum Gasteiger partial charge on any atom is 0.274 e. The zero-order chi connectivity index (χ0) is 22.5. The van der Waals surface area contributed by atoms with Gasteiger partial charge < -0.3 is 19.4 Å². The van der Waals surface area contributed by atoms with Gasteiger partial charge in [-0.15, -0.1) is 0 Å². The van der Waals surface area contributed by atoms with Crippen LogP contribution in [-0.2, 0) is 34.3 Å². The highest BCUT2D eigenvalue weighted by Crippen LogP contribution is 2.26. The van der Waals surface area contributed by atoms with Crippen LogP contribution in [0.3, 0.4) is 0 Å². The average molecular weight is 434 g/mol. The lowest BCUT2D eigenvalue weighted by atomic mass is 9.95. The first-order valence-electron chi connectivity index (χ1n) is 11.4. The van der Waals surface area contributed by atoms with Crippen LogP contribution < -0.4 is 0 Å². The number of likely N-dealkylation sites (tertiary alicyclic amines) is 1. The monoisotopic (exact) mass is 433 g/mol. The van der Waals surface area contributed by atoms with Crippen LogP contribution in [0.4, 0.5) is 0 Å². The van der Waals surface area contributed by atoms with Gasteiger partial charge in [-0.1, -0.05) is 0 Å². The number of rotatable bonds is 7. The van der Waals surface area contributed by atoms with E-state index >= 15 is 0 Å². The van der Waals surface area contributed by atoms with Gasteiger partial charge in [-0.3, -0.25) is 19.1 Å². The van der Waals surface area contributed by atoms with Gasteiger partial charge in [-0.25, -0.2) is 0 Å². The fourth-order valence-corrected chi connectivity index (χ4v) is 4.56. The van der Waals surface area contributed by atoms with Crippen molar-refractivity contribution in [3.63, 3.8) is 0 Å². The Morgan fingerprint density at radius 3 is 2.55 bits per heavy atom. The molecule has 3 heterocycles. The predicted octanol–water partition coefficient (Wildman–Crippen LogP) is 1.06. The second-order valence-corrected chi connectivity index (χ2v) is 8.20. The SMILES string of the molecule is CCOCC(=O)N1CCc2c(c(C(=O)N3CCCC(C(=O)N(CC)CC)C3)nn2C)C1. The number of piperidine rings is 1. The molecule has 2 aliphatic heterocycles. The molecule has 1 atom stereocenters. The van der Waals surface area contributed by atoms with Crippen molar-refractivity contribution in [1.29, 1.82) is 0 Å². The van der Waals surface area contributed by atoms with Crippen LogP contribution >= 0.6 is 0 Å². The molecule has 31 heavy (non-hydrogen) atoms. The molecule has 0 saturated carbocycles. The van der Waals surface area contributed by atoms with Gasteiger partial charge in [-0.05, 0) is 33.6 Å². The molecule has 0 spiro atoms. The van der Waals surface area contributed by atoms with Crippen molar-refractivity contribution < 1.29 is 19.1 Å². The Balaban J connectivity index is 1.75. The van der Waals surface area contributed by atoms with Crippen molar-refractivity contribution in [2.45, 2.75) is 46.6 Å². The maximum absolute atomic E-state index is 13.4. The average Bonchev–Trinajstić information content (AvgIpc) is 3.13. The van der Waals surface area contributed by atoms with Gasteiger partial charge in [-0.2, -0.15) is 5.10 Å². The third kappa shape index (κ3) is 4.92. The van der Waals surface area contributed by atoms with E-state index in [9.17, 15) is 14.4 Å². The molecule has 1 unspecified atom stereocenters. The second kappa shape index (κ2) is 10.3. The molecule has 0 aliphatic carbocycles. The Morgan fingerprint density at radius 2 is 1.87 bits per heavy atom. The highest BCUT2D eigenvalue weighted by atomic mass is 16.5. The standard InChI is InChI=1S/C22H35N5O4/c1-5-25(6-2)21(29)16-9-8-11-27(13-16)22(30)20-17-14-26(19(28)15-31-7-3)12-10-18(17)24(4)23-20/h16H,5-15H2,1-4H3. The summed E-state index contributed by atoms with van der Waals surface area (Å²) in [4.78, 5) is 44.0. The lowest BCUT2D eigenvalue weighted by molar-refractivity contribution is -0.137. The molecule has 0 aromatic carbocycles. The first kappa shape index (κ1) is 23.2. The number of carbonyl (C=O) groups excluding carboxylic acids is 3. The summed E-state index contributed by atoms with van der Waals surface area (Å²) in [5.74, 6) is -0.259. The zero-order valence-corrected chi connectivity index (χ0v) is 19.2. The van der Waals surface area contributed by atoms with Crippen LogP contribution in [0.2, 0.25) is 0 Å². The fourth-order valence-electron chi connectivity index (χ4n) is 4.56. The maximum atomic E-state index is 13.4. The van der Waals surface area contributed by atoms with E-state index in [1.807, 2.05) is 32.7 Å². The van der Waals surface area contributed by atoms with Crippen molar-refractivity contribution >= 4 is 17.7 Å². The van der Waals surface area contributed by atoms with Crippen molar-refractivity contribution in [3.05, 3.63) is 17.0 Å². The summed E-state index contributed by atoms with van der Waals surface area (Å²) in [5, 5.41) is 4.52. The van der Waals surface area contributed by atoms with Gasteiger partial charge in [0.2, 0.25) is 11.8 Å². The van der Waals surface area contributed by atoms with E-state index in [1.165, 1.54) is 0 Å². The summed E-state index contributed by atoms with van der Waals surface area (Å²) in [5.41, 5.74) is 2.22. The highest BCUT2D eigenvalue weighted by Gasteiger charge is 2.35. The fraction of sp³-hybridized carbons (Fsp3) is 0.727. The van der Waals surface area contributed by atoms with Crippen molar-refractivity contribution in [2.24, 2.45) is 13.0 Å². The molecule has 9 nitrogen and oxygen atoms in total. The number of aryl methyl sites for hydroxylation is 1. The van der Waals surface area contributed by atoms with Gasteiger partial charge in [0.1, 0.15) is 6.61 Å². The van der Waals surface area contributed by atoms with E-state index in [1.54, 1.807) is 14.5 Å². The van der Waals surface area contributed by atoms with Gasteiger partial charge in [0, 0.05) is 70.6 Å². The van der Waals surface area contributed by atoms with Gasteiger partial charge in [0.15, 0.2) is 5.69 Å². The number of fused-ring (bicyclic) bond motifs is 1. The van der Waals surface area contributed by atoms with E-state index in [2.05, 4.69) is 5.10 Å². The summed E-state index contributed by atoms with van der Waals surface area (Å²) in [6.45, 7) is 9.72. The molecule has 0 radical (unpaired) electrons. The summed E-state index contributed by atoms with van der Waals surface area (Å²) < 4.78 is 7.02. The van der Waals surface area contributed by atoms with Crippen LogP contribution in [0, 0.1) is 5.92 Å². The van der Waals surface area contributed by atoms with E-state index in [0.29, 0.717) is 58.0 Å². The van der Waals surface area contributed by atoms with E-state index in [4.69, 9.17) is 4.74 Å². The zero-order valence-electron chi connectivity index (χ0n) is 19.2. The van der Waals surface area contributed by atoms with Crippen LogP contribution in [-0.4, -0.2) is 88.1 Å². The lowest BCUT2D eigenvalue weighted by Gasteiger charge is -2.34. The minimum atomic E-state index is -0.165. The number of hydrogen-bond acceptors (Lipinski definition) is 5. The van der Waals surface area contributed by atoms with Gasteiger partial charge in [0.25, 0.3) is 5.91 Å². The quantitative estimate of drug-likeness (QED) is 0.642. The molecule has 1 fully saturated rings. The summed E-state index contributed by atoms with van der Waals surface area (Å²) in [7, 11) is 1.84. The minimum Gasteiger partial charge on any atom is -0.372 e. The van der Waals surface area contributed by atoms with E-state index in [-0.39, 0.29) is 30.2 Å². The Bertz CT molecular complexity index is 817. The molecule has 0 bridgehead atoms. The number of aromatic nitrogens is 2. The summed E-state index contributed by atoms with van der Waals surface area (Å²) in [6, 6.07) is 0. The molecule has 2 aliphatic rings. The molecule has 3 rings (SSSR count). The topological polar surface area (TPSA) is 88.0 Å². The predicted molar refractivity (Wildman–Crippen MR) is 115 cm³/mol. The number of ether oxygens (including phenoxy) is 1. The smallest absolute Gasteiger partial charge is 0.274 e. The molecule has 0 N–H and O–H groups in total. The molecule has 1 aromatic heterocycles. The Hall–Kier alpha value is -2.42. The number of nitrogens with zero attached hydrogens (tertiary/aromatic N) is 5. The first-order valence-corrected chi connectivity index (χ1v) is 11.4. The molecular weight excluding hydrogens is 398 g/mol. The van der Waals surface area contributed by atoms with Crippen LogP contribution in [0.5, 0.6) is 0 Å². The molecule has 3 amide bonds. The highest BCUT2D eigenvalue weighted by molar-refractivity contribution is 5.95. The Kier molecular flexibility index (Phi) is 7.69. The summed E-state index contributed by atoms with van der Waals surface area (Å²) >= 11 is 0. The van der Waals surface area contributed by atoms with E-state index < -0.39 is 0 Å². The first-order chi connectivity index (χ1) is 14.9. The lowest BCUT2D eigenvalue weighted by Crippen LogP contribution is -2.47. The summed E-state index contributed by atoms with van der Waals surface area (Å²) in [6.07, 6.45) is 2.27. The molecule has 9 heteroatoms. The molecule has 1 saturated heterocycles. The van der Waals surface area contributed by atoms with E-state index in [0.717, 1.165) is 24.1 Å². The van der Waals surface area contributed by atoms with Crippen LogP contribution in [0.15, 0.2) is 0 Å². The van der Waals surface area contributed by atoms with Gasteiger partial charge in [0.05, 0.1) is 5.92 Å². The molecular formula is C22H35N5O4. The third-order valence-corrected chi connectivity index (χ3v) is 6.36. The molecule has 1 aromatic rings. The van der Waals surface area contributed by atoms with Crippen LogP contribution in [0.1, 0.15) is 55.4 Å². The third-order valence-electron chi connectivity index (χ3n) is 6.36. The largest absolute Gasteiger partial charge is 0.372 e. The number of carbonyl (C=O) groups is 3. The van der Waals surface area contributed by atoms with Crippen molar-refractivity contribution in [3.8, 4) is 0 Å². The molecule has 172 valence electrons. The Labute approximate surface area is 184 Å². The van der Waals surface area contributed by atoms with Crippen molar-refractivity contribution in [2.75, 3.05) is 45.9 Å². The number of hydrogen-bond donors (Lipinski definition) is 0. The normalized spacial score (nSPS) is 18.6. The number of amides is 3.